The van der Waals surface area contributed by atoms with Crippen LogP contribution in [0, 0.1) is 0 Å². The fourth-order valence-corrected chi connectivity index (χ4v) is 1.00. The molecule has 0 aliphatic carbocycles. The summed E-state index contributed by atoms with van der Waals surface area (Å²) in [5.74, 6) is 0. The molecule has 0 fully saturated rings. The predicted octanol–water partition coefficient (Wildman–Crippen LogP) is 2.44. The molecule has 5 nitrogen and oxygen atoms in total. The van der Waals surface area contributed by atoms with Gasteiger partial charge in [-0.3, -0.25) is 4.90 Å². The van der Waals surface area contributed by atoms with Gasteiger partial charge in [-0.15, -0.1) is 0 Å². The summed E-state index contributed by atoms with van der Waals surface area (Å²) in [6.45, 7) is 5.48. The van der Waals surface area contributed by atoms with Crippen molar-refractivity contribution in [2.45, 2.75) is 26.4 Å². The van der Waals surface area contributed by atoms with Crippen molar-refractivity contribution in [2.24, 2.45) is 0 Å². The van der Waals surface area contributed by atoms with E-state index in [1.54, 1.807) is 39.0 Å². The summed E-state index contributed by atoms with van der Waals surface area (Å²) in [5, 5.41) is 0. The van der Waals surface area contributed by atoms with Gasteiger partial charge in [0.1, 0.15) is 5.60 Å². The molecule has 1 aliphatic heterocycles. The average Bonchev–Trinajstić information content (AvgIpc) is 2.16. The van der Waals surface area contributed by atoms with Gasteiger partial charge < -0.3 is 9.47 Å². The highest BCUT2D eigenvalue weighted by Gasteiger charge is 2.22. The van der Waals surface area contributed by atoms with Gasteiger partial charge in [-0.05, 0) is 26.8 Å². The first-order chi connectivity index (χ1) is 7.38. The molecule has 0 saturated heterocycles. The van der Waals surface area contributed by atoms with Crippen LogP contribution < -0.4 is 0 Å². The van der Waals surface area contributed by atoms with Gasteiger partial charge in [0.25, 0.3) is 0 Å². The zero-order valence-electron chi connectivity index (χ0n) is 9.60. The molecule has 0 radical (unpaired) electrons. The van der Waals surface area contributed by atoms with Gasteiger partial charge in [-0.1, -0.05) is 12.2 Å². The summed E-state index contributed by atoms with van der Waals surface area (Å²) in [4.78, 5) is 23.9. The highest BCUT2D eigenvalue weighted by Crippen LogP contribution is 2.09. The zero-order valence-corrected chi connectivity index (χ0v) is 9.60. The van der Waals surface area contributed by atoms with E-state index in [0.717, 1.165) is 0 Å². The first-order valence-electron chi connectivity index (χ1n) is 4.93. The van der Waals surface area contributed by atoms with Crippen LogP contribution in [-0.2, 0) is 9.47 Å². The third-order valence-corrected chi connectivity index (χ3v) is 1.61. The monoisotopic (exact) mass is 225 g/mol. The Morgan fingerprint density at radius 3 is 2.44 bits per heavy atom. The predicted molar refractivity (Wildman–Crippen MR) is 57.7 cm³/mol. The van der Waals surface area contributed by atoms with E-state index in [1.165, 1.54) is 11.1 Å². The topological polar surface area (TPSA) is 55.8 Å². The number of ether oxygens (including phenoxy) is 2. The summed E-state index contributed by atoms with van der Waals surface area (Å²) in [5.41, 5.74) is -0.672. The second-order valence-electron chi connectivity index (χ2n) is 4.25. The normalized spacial score (nSPS) is 14.8. The summed E-state index contributed by atoms with van der Waals surface area (Å²) in [6, 6.07) is 0. The minimum absolute atomic E-state index is 0.387. The maximum atomic E-state index is 11.4. The van der Waals surface area contributed by atoms with Crippen LogP contribution in [0.2, 0.25) is 0 Å². The van der Waals surface area contributed by atoms with E-state index in [1.807, 2.05) is 0 Å². The highest BCUT2D eigenvalue weighted by atomic mass is 16.8. The van der Waals surface area contributed by atoms with E-state index in [9.17, 15) is 9.59 Å². The maximum absolute atomic E-state index is 11.4. The Morgan fingerprint density at radius 1 is 1.25 bits per heavy atom. The molecule has 0 aromatic rings. The van der Waals surface area contributed by atoms with Crippen LogP contribution in [0.15, 0.2) is 24.4 Å². The number of allylic oxidation sites excluding steroid dienone is 2. The molecule has 16 heavy (non-hydrogen) atoms. The van der Waals surface area contributed by atoms with E-state index < -0.39 is 17.8 Å². The van der Waals surface area contributed by atoms with Crippen LogP contribution in [0.4, 0.5) is 9.59 Å². The summed E-state index contributed by atoms with van der Waals surface area (Å²) in [7, 11) is 0. The first kappa shape index (κ1) is 12.3. The van der Waals surface area contributed by atoms with Crippen molar-refractivity contribution in [3.8, 4) is 0 Å². The molecule has 5 heteroatoms. The standard InChI is InChI=1S/C11H15NO4/c1-11(2,3)16-10(14)15-9(13)12-7-5-4-6-8-12/h4-7H,8H2,1-3H3. The van der Waals surface area contributed by atoms with Crippen LogP contribution in [0.25, 0.3) is 0 Å². The van der Waals surface area contributed by atoms with E-state index in [4.69, 9.17) is 4.74 Å². The summed E-state index contributed by atoms with van der Waals surface area (Å²) < 4.78 is 9.36. The van der Waals surface area contributed by atoms with Crippen molar-refractivity contribution in [2.75, 3.05) is 6.54 Å². The van der Waals surface area contributed by atoms with Gasteiger partial charge in [0, 0.05) is 12.7 Å². The van der Waals surface area contributed by atoms with Gasteiger partial charge in [-0.2, -0.15) is 0 Å². The molecule has 88 valence electrons. The summed E-state index contributed by atoms with van der Waals surface area (Å²) >= 11 is 0. The highest BCUT2D eigenvalue weighted by molar-refractivity contribution is 5.81. The SMILES string of the molecule is CC(C)(C)OC(=O)OC(=O)N1C=CC=CC1. The fourth-order valence-electron chi connectivity index (χ4n) is 1.00. The van der Waals surface area contributed by atoms with E-state index in [0.29, 0.717) is 6.54 Å². The van der Waals surface area contributed by atoms with Gasteiger partial charge in [0.15, 0.2) is 0 Å². The van der Waals surface area contributed by atoms with Crippen molar-refractivity contribution in [1.82, 2.24) is 4.90 Å². The smallest absolute Gasteiger partial charge is 0.428 e. The van der Waals surface area contributed by atoms with Crippen molar-refractivity contribution in [3.05, 3.63) is 24.4 Å². The molecule has 0 unspecified atom stereocenters. The van der Waals surface area contributed by atoms with Crippen molar-refractivity contribution < 1.29 is 19.1 Å². The number of hydrogen-bond donors (Lipinski definition) is 0. The molecular weight excluding hydrogens is 210 g/mol. The Balaban J connectivity index is 2.42. The fraction of sp³-hybridized carbons (Fsp3) is 0.455. The second kappa shape index (κ2) is 4.83. The largest absolute Gasteiger partial charge is 0.517 e. The van der Waals surface area contributed by atoms with Crippen molar-refractivity contribution in [1.29, 1.82) is 0 Å². The number of nitrogens with zero attached hydrogens (tertiary/aromatic N) is 1. The molecular formula is C11H15NO4. The van der Waals surface area contributed by atoms with Crippen LogP contribution in [0.5, 0.6) is 0 Å². The molecule has 0 N–H and O–H groups in total. The molecule has 1 aliphatic rings. The molecule has 0 saturated carbocycles. The quantitative estimate of drug-likeness (QED) is 0.469. The molecule has 1 heterocycles. The molecule has 0 aromatic carbocycles. The number of carbonyl (C=O) groups is 2. The van der Waals surface area contributed by atoms with E-state index >= 15 is 0 Å². The van der Waals surface area contributed by atoms with Crippen molar-refractivity contribution in [3.63, 3.8) is 0 Å². The Labute approximate surface area is 94.3 Å². The van der Waals surface area contributed by atoms with Gasteiger partial charge in [-0.25, -0.2) is 9.59 Å². The summed E-state index contributed by atoms with van der Waals surface area (Å²) in [6.07, 6.45) is 5.07. The maximum Gasteiger partial charge on any atom is 0.517 e. The molecule has 0 aromatic heterocycles. The lowest BCUT2D eigenvalue weighted by Gasteiger charge is -2.20. The number of carbonyl (C=O) groups excluding carboxylic acids is 2. The first-order valence-corrected chi connectivity index (χ1v) is 4.93. The Bertz CT molecular complexity index is 338. The van der Waals surface area contributed by atoms with Crippen LogP contribution >= 0.6 is 0 Å². The number of hydrogen-bond acceptors (Lipinski definition) is 4. The molecule has 1 amide bonds. The third-order valence-electron chi connectivity index (χ3n) is 1.61. The lowest BCUT2D eigenvalue weighted by molar-refractivity contribution is 0.00514. The van der Waals surface area contributed by atoms with Crippen LogP contribution in [0.3, 0.4) is 0 Å². The molecule has 0 spiro atoms. The van der Waals surface area contributed by atoms with Crippen LogP contribution in [-0.4, -0.2) is 29.3 Å². The van der Waals surface area contributed by atoms with Gasteiger partial charge in [0.05, 0.1) is 0 Å². The zero-order chi connectivity index (χ0) is 12.2. The molecule has 0 bridgehead atoms. The Hall–Kier alpha value is -1.78. The second-order valence-corrected chi connectivity index (χ2v) is 4.25. The average molecular weight is 225 g/mol. The minimum Gasteiger partial charge on any atom is -0.428 e. The molecule has 1 rings (SSSR count). The molecule has 0 atom stereocenters. The van der Waals surface area contributed by atoms with E-state index in [2.05, 4.69) is 4.74 Å². The van der Waals surface area contributed by atoms with E-state index in [-0.39, 0.29) is 0 Å². The van der Waals surface area contributed by atoms with Gasteiger partial charge >= 0.3 is 12.2 Å². The number of rotatable bonds is 0. The van der Waals surface area contributed by atoms with Gasteiger partial charge in [0.2, 0.25) is 0 Å². The lowest BCUT2D eigenvalue weighted by Crippen LogP contribution is -2.32. The Kier molecular flexibility index (Phi) is 3.71. The lowest BCUT2D eigenvalue weighted by atomic mass is 10.2. The number of amides is 1. The Morgan fingerprint density at radius 2 is 1.94 bits per heavy atom. The third kappa shape index (κ3) is 4.16. The minimum atomic E-state index is -0.986. The van der Waals surface area contributed by atoms with Crippen molar-refractivity contribution >= 4 is 12.2 Å². The van der Waals surface area contributed by atoms with Crippen LogP contribution in [0.1, 0.15) is 20.8 Å².